The highest BCUT2D eigenvalue weighted by Crippen LogP contribution is 2.55. The van der Waals surface area contributed by atoms with Crippen LogP contribution in [0.3, 0.4) is 0 Å². The van der Waals surface area contributed by atoms with Gasteiger partial charge in [0, 0.05) is 11.0 Å². The zero-order chi connectivity index (χ0) is 24.9. The molecule has 4 rings (SSSR count). The first kappa shape index (κ1) is 28.1. The predicted octanol–water partition coefficient (Wildman–Crippen LogP) is 3.43. The SMILES string of the molecule is CC(C#CC1=C(C)C[C@@H](O)CC1(C)C)=CC[P+](c1ccccc1)(c1ccccc1)c1ccccc1.[Br-]. The van der Waals surface area contributed by atoms with Crippen LogP contribution in [0.2, 0.25) is 0 Å². The summed E-state index contributed by atoms with van der Waals surface area (Å²) in [6, 6.07) is 32.9. The zero-order valence-electron chi connectivity index (χ0n) is 21.7. The first-order valence-electron chi connectivity index (χ1n) is 12.4. The van der Waals surface area contributed by atoms with E-state index in [9.17, 15) is 5.11 Å². The van der Waals surface area contributed by atoms with Crippen molar-refractivity contribution >= 4 is 23.2 Å². The number of hydrogen-bond acceptors (Lipinski definition) is 1. The number of allylic oxidation sites excluding steroid dienone is 3. The van der Waals surface area contributed by atoms with Gasteiger partial charge in [-0.3, -0.25) is 0 Å². The monoisotopic (exact) mass is 558 g/mol. The first-order valence-corrected chi connectivity index (χ1v) is 14.4. The molecule has 36 heavy (non-hydrogen) atoms. The summed E-state index contributed by atoms with van der Waals surface area (Å²) in [6.07, 6.45) is 4.49. The van der Waals surface area contributed by atoms with E-state index in [-0.39, 0.29) is 28.5 Å². The Hall–Kier alpha value is -2.43. The van der Waals surface area contributed by atoms with Crippen molar-refractivity contribution in [2.75, 3.05) is 6.16 Å². The third-order valence-corrected chi connectivity index (χ3v) is 11.3. The summed E-state index contributed by atoms with van der Waals surface area (Å²) in [7, 11) is -1.90. The molecule has 0 saturated heterocycles. The van der Waals surface area contributed by atoms with Crippen molar-refractivity contribution in [1.29, 1.82) is 0 Å². The van der Waals surface area contributed by atoms with E-state index < -0.39 is 7.26 Å². The van der Waals surface area contributed by atoms with Crippen LogP contribution in [-0.2, 0) is 0 Å². The molecule has 0 aliphatic heterocycles. The van der Waals surface area contributed by atoms with Crippen LogP contribution < -0.4 is 32.9 Å². The Morgan fingerprint density at radius 3 is 1.75 bits per heavy atom. The molecule has 0 fully saturated rings. The molecule has 186 valence electrons. The first-order chi connectivity index (χ1) is 16.8. The lowest BCUT2D eigenvalue weighted by atomic mass is 9.72. The molecule has 1 aliphatic carbocycles. The van der Waals surface area contributed by atoms with Crippen LogP contribution in [0.15, 0.2) is 114 Å². The minimum Gasteiger partial charge on any atom is -1.00 e. The zero-order valence-corrected chi connectivity index (χ0v) is 24.2. The van der Waals surface area contributed by atoms with Gasteiger partial charge in [-0.1, -0.05) is 85.9 Å². The number of benzene rings is 3. The van der Waals surface area contributed by atoms with E-state index in [0.717, 1.165) is 24.6 Å². The summed E-state index contributed by atoms with van der Waals surface area (Å²) in [4.78, 5) is 0. The maximum atomic E-state index is 10.2. The van der Waals surface area contributed by atoms with Crippen LogP contribution in [0.25, 0.3) is 0 Å². The predicted molar refractivity (Wildman–Crippen MR) is 153 cm³/mol. The van der Waals surface area contributed by atoms with Gasteiger partial charge in [0.15, 0.2) is 0 Å². The number of hydrogen-bond donors (Lipinski definition) is 1. The summed E-state index contributed by atoms with van der Waals surface area (Å²) in [5.74, 6) is 6.97. The number of aliphatic hydroxyl groups is 1. The Morgan fingerprint density at radius 2 is 1.33 bits per heavy atom. The molecular weight excluding hydrogens is 523 g/mol. The van der Waals surface area contributed by atoms with Crippen LogP contribution >= 0.6 is 7.26 Å². The number of aliphatic hydroxyl groups excluding tert-OH is 1. The molecule has 1 atom stereocenters. The van der Waals surface area contributed by atoms with E-state index in [1.54, 1.807) is 0 Å². The van der Waals surface area contributed by atoms with Crippen molar-refractivity contribution in [3.05, 3.63) is 114 Å². The van der Waals surface area contributed by atoms with Gasteiger partial charge in [-0.15, -0.1) is 0 Å². The van der Waals surface area contributed by atoms with E-state index >= 15 is 0 Å². The molecule has 0 spiro atoms. The normalized spacial score (nSPS) is 17.6. The second kappa shape index (κ2) is 12.2. The molecule has 0 heterocycles. The van der Waals surface area contributed by atoms with Gasteiger partial charge >= 0.3 is 0 Å². The third kappa shape index (κ3) is 6.10. The van der Waals surface area contributed by atoms with Crippen molar-refractivity contribution in [1.82, 2.24) is 0 Å². The Morgan fingerprint density at radius 1 is 0.889 bits per heavy atom. The maximum Gasteiger partial charge on any atom is 0.116 e. The van der Waals surface area contributed by atoms with E-state index in [1.165, 1.54) is 27.1 Å². The molecule has 0 radical (unpaired) electrons. The Bertz CT molecular complexity index is 1170. The molecule has 1 nitrogen and oxygen atoms in total. The van der Waals surface area contributed by atoms with Gasteiger partial charge in [0.05, 0.1) is 12.3 Å². The van der Waals surface area contributed by atoms with Crippen LogP contribution in [0, 0.1) is 17.3 Å². The molecular formula is C33H36BrOP. The minimum atomic E-state index is -1.90. The van der Waals surface area contributed by atoms with E-state index in [0.29, 0.717) is 0 Å². The summed E-state index contributed by atoms with van der Waals surface area (Å²) in [5, 5.41) is 14.4. The Kier molecular flexibility index (Phi) is 9.54. The molecule has 1 aliphatic rings. The highest BCUT2D eigenvalue weighted by Gasteiger charge is 2.44. The summed E-state index contributed by atoms with van der Waals surface area (Å²) < 4.78 is 0. The van der Waals surface area contributed by atoms with Gasteiger partial charge in [0.1, 0.15) is 23.2 Å². The Balaban J connectivity index is 0.00000361. The van der Waals surface area contributed by atoms with E-state index in [4.69, 9.17) is 0 Å². The molecule has 3 aromatic carbocycles. The lowest BCUT2D eigenvalue weighted by Crippen LogP contribution is -3.00. The van der Waals surface area contributed by atoms with Crippen LogP contribution in [0.1, 0.15) is 40.5 Å². The van der Waals surface area contributed by atoms with Gasteiger partial charge < -0.3 is 22.1 Å². The fourth-order valence-corrected chi connectivity index (χ4v) is 9.49. The van der Waals surface area contributed by atoms with Gasteiger partial charge in [-0.2, -0.15) is 0 Å². The van der Waals surface area contributed by atoms with Crippen molar-refractivity contribution < 1.29 is 22.1 Å². The van der Waals surface area contributed by atoms with Gasteiger partial charge in [0.2, 0.25) is 0 Å². The molecule has 0 unspecified atom stereocenters. The summed E-state index contributed by atoms with van der Waals surface area (Å²) in [6.45, 7) is 8.63. The van der Waals surface area contributed by atoms with E-state index in [1.807, 2.05) is 0 Å². The van der Waals surface area contributed by atoms with E-state index in [2.05, 4.69) is 137 Å². The fourth-order valence-electron chi connectivity index (χ4n) is 5.37. The standard InChI is InChI=1S/C33H36OP.BrH/c1-26(20-21-32-27(2)24-28(34)25-33(32,3)4)22-23-35(29-14-8-5-9-15-29,30-16-10-6-11-17-30)31-18-12-7-13-19-31;/h5-19,22,28,34H,23-25H2,1-4H3;1H/q+1;/p-1/t28-;/m1./s1. The molecule has 0 amide bonds. The molecule has 3 aromatic rings. The fraction of sp³-hybridized carbons (Fsp3) is 0.273. The van der Waals surface area contributed by atoms with Gasteiger partial charge in [-0.05, 0) is 74.7 Å². The smallest absolute Gasteiger partial charge is 0.116 e. The van der Waals surface area contributed by atoms with Crippen molar-refractivity contribution in [3.63, 3.8) is 0 Å². The van der Waals surface area contributed by atoms with Crippen LogP contribution in [0.5, 0.6) is 0 Å². The molecule has 0 bridgehead atoms. The maximum absolute atomic E-state index is 10.2. The molecule has 1 N–H and O–H groups in total. The Labute approximate surface area is 228 Å². The third-order valence-electron chi connectivity index (χ3n) is 7.04. The molecule has 3 heteroatoms. The summed E-state index contributed by atoms with van der Waals surface area (Å²) in [5.41, 5.74) is 3.41. The van der Waals surface area contributed by atoms with Crippen molar-refractivity contribution in [3.8, 4) is 11.8 Å². The van der Waals surface area contributed by atoms with Gasteiger partial charge in [-0.25, -0.2) is 0 Å². The highest BCUT2D eigenvalue weighted by molar-refractivity contribution is 7.95. The second-order valence-electron chi connectivity index (χ2n) is 10.2. The minimum absolute atomic E-state index is 0. The molecule has 0 saturated carbocycles. The quantitative estimate of drug-likeness (QED) is 0.376. The topological polar surface area (TPSA) is 20.2 Å². The number of rotatable bonds is 5. The van der Waals surface area contributed by atoms with Gasteiger partial charge in [0.25, 0.3) is 0 Å². The highest BCUT2D eigenvalue weighted by atomic mass is 79.9. The average molecular weight is 560 g/mol. The van der Waals surface area contributed by atoms with Crippen LogP contribution in [-0.4, -0.2) is 17.4 Å². The average Bonchev–Trinajstić information content (AvgIpc) is 2.85. The number of halogens is 1. The molecule has 0 aromatic heterocycles. The lowest BCUT2D eigenvalue weighted by Gasteiger charge is -2.34. The largest absolute Gasteiger partial charge is 1.00 e. The van der Waals surface area contributed by atoms with Crippen molar-refractivity contribution in [2.24, 2.45) is 5.41 Å². The summed E-state index contributed by atoms with van der Waals surface area (Å²) >= 11 is 0. The lowest BCUT2D eigenvalue weighted by molar-refractivity contribution is -0.0000116. The van der Waals surface area contributed by atoms with Crippen LogP contribution in [0.4, 0.5) is 0 Å². The van der Waals surface area contributed by atoms with Crippen molar-refractivity contribution in [2.45, 2.75) is 46.6 Å². The second-order valence-corrected chi connectivity index (χ2v) is 13.8.